The summed E-state index contributed by atoms with van der Waals surface area (Å²) in [6, 6.07) is 16.0. The highest BCUT2D eigenvalue weighted by atomic mass is 16.4. The van der Waals surface area contributed by atoms with Crippen molar-refractivity contribution in [1.29, 1.82) is 0 Å². The molecule has 21 heavy (non-hydrogen) atoms. The first-order valence-electron chi connectivity index (χ1n) is 6.73. The maximum atomic E-state index is 12.1. The molecule has 0 spiro atoms. The van der Waals surface area contributed by atoms with Gasteiger partial charge in [0.2, 0.25) is 5.91 Å². The summed E-state index contributed by atoms with van der Waals surface area (Å²) in [7, 11) is 0. The van der Waals surface area contributed by atoms with Crippen LogP contribution in [0.5, 0.6) is 0 Å². The fraction of sp³-hybridized carbons (Fsp3) is 0.176. The van der Waals surface area contributed by atoms with E-state index in [4.69, 9.17) is 5.11 Å². The fourth-order valence-electron chi connectivity index (χ4n) is 2.00. The molecule has 0 aliphatic carbocycles. The Balaban J connectivity index is 1.93. The van der Waals surface area contributed by atoms with E-state index in [1.165, 1.54) is 12.1 Å². The summed E-state index contributed by atoms with van der Waals surface area (Å²) in [5.41, 5.74) is 2.08. The quantitative estimate of drug-likeness (QED) is 0.886. The van der Waals surface area contributed by atoms with Gasteiger partial charge in [0.15, 0.2) is 0 Å². The van der Waals surface area contributed by atoms with E-state index in [-0.39, 0.29) is 17.4 Å². The van der Waals surface area contributed by atoms with Gasteiger partial charge in [-0.25, -0.2) is 4.79 Å². The zero-order valence-electron chi connectivity index (χ0n) is 11.7. The molecule has 0 aromatic heterocycles. The summed E-state index contributed by atoms with van der Waals surface area (Å²) in [5, 5.41) is 11.7. The Labute approximate surface area is 123 Å². The summed E-state index contributed by atoms with van der Waals surface area (Å²) in [4.78, 5) is 22.8. The van der Waals surface area contributed by atoms with Crippen LogP contribution in [0.3, 0.4) is 0 Å². The first kappa shape index (κ1) is 14.8. The van der Waals surface area contributed by atoms with Crippen molar-refractivity contribution < 1.29 is 14.7 Å². The van der Waals surface area contributed by atoms with E-state index >= 15 is 0 Å². The van der Waals surface area contributed by atoms with Gasteiger partial charge in [-0.3, -0.25) is 4.79 Å². The summed E-state index contributed by atoms with van der Waals surface area (Å²) < 4.78 is 0. The van der Waals surface area contributed by atoms with Gasteiger partial charge in [0.1, 0.15) is 0 Å². The van der Waals surface area contributed by atoms with Crippen molar-refractivity contribution >= 4 is 11.9 Å². The summed E-state index contributed by atoms with van der Waals surface area (Å²) >= 11 is 0. The lowest BCUT2D eigenvalue weighted by atomic mass is 10.0. The van der Waals surface area contributed by atoms with Crippen LogP contribution in [0.15, 0.2) is 54.6 Å². The normalized spacial score (nSPS) is 11.7. The van der Waals surface area contributed by atoms with Crippen LogP contribution in [0.25, 0.3) is 0 Å². The molecular formula is C17H17NO3. The second-order valence-corrected chi connectivity index (χ2v) is 4.85. The van der Waals surface area contributed by atoms with Crippen LogP contribution in [-0.4, -0.2) is 17.0 Å². The number of hydrogen-bond acceptors (Lipinski definition) is 2. The predicted molar refractivity (Wildman–Crippen MR) is 80.1 cm³/mol. The van der Waals surface area contributed by atoms with Gasteiger partial charge >= 0.3 is 5.97 Å². The highest BCUT2D eigenvalue weighted by Crippen LogP contribution is 2.14. The molecule has 0 saturated heterocycles. The smallest absolute Gasteiger partial charge is 0.335 e. The number of nitrogens with one attached hydrogen (secondary N) is 1. The lowest BCUT2D eigenvalue weighted by Gasteiger charge is -2.12. The SMILES string of the molecule is CC(C(=O)NCc1ccc(C(=O)O)cc1)c1ccccc1. The number of carbonyl (C=O) groups excluding carboxylic acids is 1. The van der Waals surface area contributed by atoms with Crippen molar-refractivity contribution in [2.75, 3.05) is 0 Å². The predicted octanol–water partition coefficient (Wildman–Crippen LogP) is 2.80. The number of hydrogen-bond donors (Lipinski definition) is 2. The first-order valence-corrected chi connectivity index (χ1v) is 6.73. The Morgan fingerprint density at radius 3 is 2.24 bits per heavy atom. The molecule has 0 aliphatic rings. The second-order valence-electron chi connectivity index (χ2n) is 4.85. The maximum Gasteiger partial charge on any atom is 0.335 e. The fourth-order valence-corrected chi connectivity index (χ4v) is 2.00. The van der Waals surface area contributed by atoms with Crippen molar-refractivity contribution in [3.63, 3.8) is 0 Å². The summed E-state index contributed by atoms with van der Waals surface area (Å²) in [5.74, 6) is -1.23. The second kappa shape index (κ2) is 6.70. The van der Waals surface area contributed by atoms with Gasteiger partial charge in [0, 0.05) is 6.54 Å². The van der Waals surface area contributed by atoms with E-state index in [0.29, 0.717) is 6.54 Å². The molecule has 2 aromatic rings. The van der Waals surface area contributed by atoms with Crippen LogP contribution in [0.2, 0.25) is 0 Å². The molecule has 0 radical (unpaired) electrons. The van der Waals surface area contributed by atoms with E-state index in [0.717, 1.165) is 11.1 Å². The van der Waals surface area contributed by atoms with E-state index in [1.54, 1.807) is 12.1 Å². The molecule has 1 amide bonds. The third-order valence-electron chi connectivity index (χ3n) is 3.36. The number of carboxylic acid groups (broad SMARTS) is 1. The summed E-state index contributed by atoms with van der Waals surface area (Å²) in [6.07, 6.45) is 0. The molecule has 2 aromatic carbocycles. The molecule has 0 saturated carbocycles. The maximum absolute atomic E-state index is 12.1. The van der Waals surface area contributed by atoms with E-state index < -0.39 is 5.97 Å². The van der Waals surface area contributed by atoms with Crippen molar-refractivity contribution in [2.24, 2.45) is 0 Å². The van der Waals surface area contributed by atoms with E-state index in [9.17, 15) is 9.59 Å². The van der Waals surface area contributed by atoms with Gasteiger partial charge in [-0.05, 0) is 30.2 Å². The number of rotatable bonds is 5. The van der Waals surface area contributed by atoms with Gasteiger partial charge < -0.3 is 10.4 Å². The molecule has 0 heterocycles. The minimum Gasteiger partial charge on any atom is -0.478 e. The Kier molecular flexibility index (Phi) is 4.72. The molecule has 0 fully saturated rings. The van der Waals surface area contributed by atoms with Gasteiger partial charge in [-0.2, -0.15) is 0 Å². The van der Waals surface area contributed by atoms with Gasteiger partial charge in [-0.15, -0.1) is 0 Å². The zero-order chi connectivity index (χ0) is 15.2. The number of amides is 1. The largest absolute Gasteiger partial charge is 0.478 e. The molecule has 0 bridgehead atoms. The van der Waals surface area contributed by atoms with Crippen LogP contribution >= 0.6 is 0 Å². The highest BCUT2D eigenvalue weighted by molar-refractivity contribution is 5.87. The van der Waals surface area contributed by atoms with Crippen LogP contribution in [0.4, 0.5) is 0 Å². The molecule has 0 aliphatic heterocycles. The Morgan fingerprint density at radius 1 is 1.05 bits per heavy atom. The Hall–Kier alpha value is -2.62. The molecule has 4 nitrogen and oxygen atoms in total. The van der Waals surface area contributed by atoms with Gasteiger partial charge in [-0.1, -0.05) is 42.5 Å². The minimum absolute atomic E-state index is 0.0523. The topological polar surface area (TPSA) is 66.4 Å². The van der Waals surface area contributed by atoms with Crippen molar-refractivity contribution in [1.82, 2.24) is 5.32 Å². The molecule has 108 valence electrons. The zero-order valence-corrected chi connectivity index (χ0v) is 11.7. The van der Waals surface area contributed by atoms with Crippen LogP contribution in [0.1, 0.15) is 34.3 Å². The standard InChI is InChI=1S/C17H17NO3/c1-12(14-5-3-2-4-6-14)16(19)18-11-13-7-9-15(10-8-13)17(20)21/h2-10,12H,11H2,1H3,(H,18,19)(H,20,21). The van der Waals surface area contributed by atoms with Crippen molar-refractivity contribution in [3.05, 3.63) is 71.3 Å². The third-order valence-corrected chi connectivity index (χ3v) is 3.36. The first-order chi connectivity index (χ1) is 10.1. The molecule has 4 heteroatoms. The number of benzene rings is 2. The monoisotopic (exact) mass is 283 g/mol. The van der Waals surface area contributed by atoms with Gasteiger partial charge in [0.05, 0.1) is 11.5 Å². The Morgan fingerprint density at radius 2 is 1.67 bits per heavy atom. The minimum atomic E-state index is -0.955. The van der Waals surface area contributed by atoms with E-state index in [2.05, 4.69) is 5.32 Å². The van der Waals surface area contributed by atoms with E-state index in [1.807, 2.05) is 37.3 Å². The number of carboxylic acids is 1. The summed E-state index contributed by atoms with van der Waals surface area (Å²) in [6.45, 7) is 2.24. The van der Waals surface area contributed by atoms with Crippen molar-refractivity contribution in [3.8, 4) is 0 Å². The van der Waals surface area contributed by atoms with Crippen LogP contribution < -0.4 is 5.32 Å². The average molecular weight is 283 g/mol. The third kappa shape index (κ3) is 3.92. The average Bonchev–Trinajstić information content (AvgIpc) is 2.53. The lowest BCUT2D eigenvalue weighted by molar-refractivity contribution is -0.122. The molecule has 2 N–H and O–H groups in total. The number of carbonyl (C=O) groups is 2. The molecule has 1 atom stereocenters. The van der Waals surface area contributed by atoms with Crippen LogP contribution in [-0.2, 0) is 11.3 Å². The van der Waals surface area contributed by atoms with Crippen LogP contribution in [0, 0.1) is 0 Å². The van der Waals surface area contributed by atoms with Crippen molar-refractivity contribution in [2.45, 2.75) is 19.4 Å². The molecule has 1 unspecified atom stereocenters. The Bertz CT molecular complexity index is 620. The number of aromatic carboxylic acids is 1. The molecular weight excluding hydrogens is 266 g/mol. The lowest BCUT2D eigenvalue weighted by Crippen LogP contribution is -2.27. The van der Waals surface area contributed by atoms with Gasteiger partial charge in [0.25, 0.3) is 0 Å². The molecule has 2 rings (SSSR count). The highest BCUT2D eigenvalue weighted by Gasteiger charge is 2.14.